The summed E-state index contributed by atoms with van der Waals surface area (Å²) in [6.07, 6.45) is 3.09. The summed E-state index contributed by atoms with van der Waals surface area (Å²) in [7, 11) is 0. The minimum absolute atomic E-state index is 0.0530. The molecular formula is C12H12N2O3. The molecule has 0 N–H and O–H groups in total. The van der Waals surface area contributed by atoms with E-state index in [9.17, 15) is 4.79 Å². The number of rotatable bonds is 2. The van der Waals surface area contributed by atoms with E-state index in [1.165, 1.54) is 0 Å². The lowest BCUT2D eigenvalue weighted by Crippen LogP contribution is -2.26. The Morgan fingerprint density at radius 3 is 2.94 bits per heavy atom. The van der Waals surface area contributed by atoms with Gasteiger partial charge in [-0.15, -0.1) is 0 Å². The first-order chi connectivity index (χ1) is 8.34. The van der Waals surface area contributed by atoms with Crippen LogP contribution in [0.2, 0.25) is 0 Å². The van der Waals surface area contributed by atoms with Crippen LogP contribution >= 0.6 is 0 Å². The van der Waals surface area contributed by atoms with Gasteiger partial charge in [0.2, 0.25) is 0 Å². The number of nitrogens with zero attached hydrogens (tertiary/aromatic N) is 2. The zero-order valence-electron chi connectivity index (χ0n) is 9.20. The number of pyridine rings is 2. The van der Waals surface area contributed by atoms with Crippen LogP contribution in [0, 0.1) is 0 Å². The molecule has 2 aromatic rings. The van der Waals surface area contributed by atoms with E-state index in [1.807, 2.05) is 6.07 Å². The van der Waals surface area contributed by atoms with Crippen molar-refractivity contribution in [3.05, 3.63) is 40.9 Å². The largest absolute Gasteiger partial charge is 0.348 e. The van der Waals surface area contributed by atoms with Crippen molar-refractivity contribution in [3.63, 3.8) is 0 Å². The molecule has 1 fully saturated rings. The van der Waals surface area contributed by atoms with Crippen molar-refractivity contribution in [3.8, 4) is 0 Å². The smallest absolute Gasteiger partial charge is 0.251 e. The number of ether oxygens (including phenoxy) is 2. The molecular weight excluding hydrogens is 220 g/mol. The van der Waals surface area contributed by atoms with E-state index in [0.29, 0.717) is 19.8 Å². The zero-order valence-corrected chi connectivity index (χ0v) is 9.20. The summed E-state index contributed by atoms with van der Waals surface area (Å²) >= 11 is 0. The van der Waals surface area contributed by atoms with E-state index >= 15 is 0 Å². The molecule has 0 atom stereocenters. The van der Waals surface area contributed by atoms with Crippen molar-refractivity contribution in [1.29, 1.82) is 0 Å². The number of fused-ring (bicyclic) bond motifs is 1. The number of aromatic nitrogens is 2. The van der Waals surface area contributed by atoms with Crippen LogP contribution in [-0.2, 0) is 16.0 Å². The van der Waals surface area contributed by atoms with Crippen LogP contribution in [0.5, 0.6) is 0 Å². The molecule has 0 unspecified atom stereocenters. The summed E-state index contributed by atoms with van der Waals surface area (Å²) in [4.78, 5) is 15.9. The molecule has 1 aliphatic heterocycles. The molecule has 5 nitrogen and oxygen atoms in total. The molecule has 88 valence electrons. The normalized spacial score (nSPS) is 16.7. The molecule has 0 spiro atoms. The van der Waals surface area contributed by atoms with Crippen LogP contribution in [0.25, 0.3) is 10.9 Å². The van der Waals surface area contributed by atoms with Gasteiger partial charge in [0, 0.05) is 23.8 Å². The molecule has 1 aliphatic rings. The van der Waals surface area contributed by atoms with Crippen molar-refractivity contribution in [2.24, 2.45) is 0 Å². The second-order valence-corrected chi connectivity index (χ2v) is 3.89. The van der Waals surface area contributed by atoms with Gasteiger partial charge >= 0.3 is 0 Å². The molecule has 0 radical (unpaired) electrons. The maximum Gasteiger partial charge on any atom is 0.251 e. The summed E-state index contributed by atoms with van der Waals surface area (Å²) < 4.78 is 12.4. The lowest BCUT2D eigenvalue weighted by molar-refractivity contribution is -0.0522. The Hall–Kier alpha value is -1.72. The van der Waals surface area contributed by atoms with Gasteiger partial charge in [0.15, 0.2) is 6.29 Å². The highest BCUT2D eigenvalue weighted by Crippen LogP contribution is 2.12. The maximum absolute atomic E-state index is 11.9. The summed E-state index contributed by atoms with van der Waals surface area (Å²) in [5.41, 5.74) is 0.800. The Labute approximate surface area is 97.6 Å². The maximum atomic E-state index is 11.9. The standard InChI is InChI=1S/C12H12N2O3/c15-11-2-1-9-7-13-4-3-10(9)14(11)8-12-16-5-6-17-12/h1-4,7,12H,5-6,8H2. The van der Waals surface area contributed by atoms with Crippen molar-refractivity contribution < 1.29 is 9.47 Å². The van der Waals surface area contributed by atoms with E-state index in [4.69, 9.17) is 9.47 Å². The summed E-state index contributed by atoms with van der Waals surface area (Å²) in [5, 5.41) is 0.935. The molecule has 3 heterocycles. The fraction of sp³-hybridized carbons (Fsp3) is 0.333. The van der Waals surface area contributed by atoms with E-state index in [2.05, 4.69) is 4.98 Å². The topological polar surface area (TPSA) is 53.4 Å². The monoisotopic (exact) mass is 232 g/mol. The van der Waals surface area contributed by atoms with Gasteiger partial charge in [0.25, 0.3) is 5.56 Å². The van der Waals surface area contributed by atoms with Crippen LogP contribution in [0.3, 0.4) is 0 Å². The van der Waals surface area contributed by atoms with Crippen LogP contribution in [0.1, 0.15) is 0 Å². The SMILES string of the molecule is O=c1ccc2cnccc2n1CC1OCCO1. The molecule has 0 saturated carbocycles. The molecule has 0 aliphatic carbocycles. The predicted octanol–water partition coefficient (Wildman–Crippen LogP) is 0.769. The highest BCUT2D eigenvalue weighted by Gasteiger charge is 2.17. The molecule has 2 aromatic heterocycles. The quantitative estimate of drug-likeness (QED) is 0.767. The Bertz CT molecular complexity index is 588. The van der Waals surface area contributed by atoms with E-state index in [0.717, 1.165) is 10.9 Å². The molecule has 1 saturated heterocycles. The predicted molar refractivity (Wildman–Crippen MR) is 61.7 cm³/mol. The van der Waals surface area contributed by atoms with Gasteiger partial charge < -0.3 is 14.0 Å². The summed E-state index contributed by atoms with van der Waals surface area (Å²) in [6, 6.07) is 5.14. The molecule has 17 heavy (non-hydrogen) atoms. The lowest BCUT2D eigenvalue weighted by atomic mass is 10.2. The zero-order chi connectivity index (χ0) is 11.7. The Morgan fingerprint density at radius 1 is 1.29 bits per heavy atom. The van der Waals surface area contributed by atoms with Crippen molar-refractivity contribution >= 4 is 10.9 Å². The minimum Gasteiger partial charge on any atom is -0.348 e. The first-order valence-electron chi connectivity index (χ1n) is 5.51. The lowest BCUT2D eigenvalue weighted by Gasteiger charge is -2.13. The fourth-order valence-electron chi connectivity index (χ4n) is 1.99. The summed E-state index contributed by atoms with van der Waals surface area (Å²) in [5.74, 6) is 0. The van der Waals surface area contributed by atoms with Crippen molar-refractivity contribution in [2.45, 2.75) is 12.8 Å². The van der Waals surface area contributed by atoms with Crippen molar-refractivity contribution in [1.82, 2.24) is 9.55 Å². The fourth-order valence-corrected chi connectivity index (χ4v) is 1.99. The molecule has 3 rings (SSSR count). The van der Waals surface area contributed by atoms with Crippen LogP contribution in [0.15, 0.2) is 35.4 Å². The van der Waals surface area contributed by atoms with Crippen LogP contribution in [-0.4, -0.2) is 29.1 Å². The Balaban J connectivity index is 2.06. The first kappa shape index (κ1) is 10.4. The van der Waals surface area contributed by atoms with Gasteiger partial charge in [-0.1, -0.05) is 0 Å². The second-order valence-electron chi connectivity index (χ2n) is 3.89. The average molecular weight is 232 g/mol. The van der Waals surface area contributed by atoms with Gasteiger partial charge in [0.1, 0.15) is 0 Å². The molecule has 5 heteroatoms. The van der Waals surface area contributed by atoms with Gasteiger partial charge in [0.05, 0.1) is 25.3 Å². The highest BCUT2D eigenvalue weighted by molar-refractivity contribution is 5.77. The Kier molecular flexibility index (Phi) is 2.62. The molecule has 0 amide bonds. The van der Waals surface area contributed by atoms with E-state index in [-0.39, 0.29) is 11.8 Å². The Morgan fingerprint density at radius 2 is 2.12 bits per heavy atom. The van der Waals surface area contributed by atoms with Crippen LogP contribution in [0.4, 0.5) is 0 Å². The number of hydrogen-bond acceptors (Lipinski definition) is 4. The average Bonchev–Trinajstić information content (AvgIpc) is 2.86. The number of hydrogen-bond donors (Lipinski definition) is 0. The minimum atomic E-state index is -0.327. The highest BCUT2D eigenvalue weighted by atomic mass is 16.7. The summed E-state index contributed by atoms with van der Waals surface area (Å²) in [6.45, 7) is 1.59. The van der Waals surface area contributed by atoms with Crippen molar-refractivity contribution in [2.75, 3.05) is 13.2 Å². The van der Waals surface area contributed by atoms with E-state index in [1.54, 1.807) is 29.1 Å². The van der Waals surface area contributed by atoms with E-state index < -0.39 is 0 Å². The van der Waals surface area contributed by atoms with Crippen LogP contribution < -0.4 is 5.56 Å². The molecule has 0 bridgehead atoms. The molecule has 0 aromatic carbocycles. The van der Waals surface area contributed by atoms with Gasteiger partial charge in [-0.2, -0.15) is 0 Å². The van der Waals surface area contributed by atoms with Gasteiger partial charge in [-0.25, -0.2) is 0 Å². The van der Waals surface area contributed by atoms with Gasteiger partial charge in [-0.3, -0.25) is 9.78 Å². The van der Waals surface area contributed by atoms with Gasteiger partial charge in [-0.05, 0) is 12.1 Å². The third kappa shape index (κ3) is 1.94. The first-order valence-corrected chi connectivity index (χ1v) is 5.51. The third-order valence-corrected chi connectivity index (χ3v) is 2.81. The second kappa shape index (κ2) is 4.27. The third-order valence-electron chi connectivity index (χ3n) is 2.81.